The third-order valence-electron chi connectivity index (χ3n) is 11.5. The van der Waals surface area contributed by atoms with Crippen LogP contribution in [0.1, 0.15) is 0 Å². The smallest absolute Gasteiger partial charge is 0.135 e. The average Bonchev–Trinajstić information content (AvgIpc) is 3.30. The predicted octanol–water partition coefficient (Wildman–Crippen LogP) is 15.9. The van der Waals surface area contributed by atoms with Crippen LogP contribution < -0.4 is 9.64 Å². The van der Waals surface area contributed by atoms with Crippen LogP contribution in [-0.4, -0.2) is 0 Å². The molecule has 1 aliphatic heterocycles. The molecule has 0 fully saturated rings. The fraction of sp³-hybridized carbons (Fsp3) is 0. The molecular formula is C56H37NO. The number of hydrogen-bond donors (Lipinski definition) is 0. The van der Waals surface area contributed by atoms with Crippen LogP contribution in [0.25, 0.3) is 77.2 Å². The molecule has 0 amide bonds. The van der Waals surface area contributed by atoms with Crippen molar-refractivity contribution < 1.29 is 4.74 Å². The van der Waals surface area contributed by atoms with E-state index in [1.807, 2.05) is 0 Å². The molecule has 0 aromatic heterocycles. The second kappa shape index (κ2) is 14.1. The Labute approximate surface area is 338 Å². The standard InChI is InChI=1S/C56H37NO/c1-2-12-41(13-3-1)50-21-6-7-24-53(50)57(46-33-30-39(31-34-46)38-26-28-42(29-27-38)49-22-9-15-40-14-4-5-20-48(40)49)47-19-8-18-44(36-47)45-32-35-54-52(37-45)51-23-10-16-43-17-11-25-55(58-54)56(43)51/h1-37H. The first-order valence-corrected chi connectivity index (χ1v) is 19.8. The zero-order valence-electron chi connectivity index (χ0n) is 31.7. The van der Waals surface area contributed by atoms with E-state index in [2.05, 4.69) is 229 Å². The average molecular weight is 740 g/mol. The summed E-state index contributed by atoms with van der Waals surface area (Å²) in [5.74, 6) is 1.79. The number of rotatable bonds is 7. The lowest BCUT2D eigenvalue weighted by atomic mass is 9.92. The van der Waals surface area contributed by atoms with Crippen LogP contribution in [0.5, 0.6) is 11.5 Å². The highest BCUT2D eigenvalue weighted by atomic mass is 16.5. The molecule has 2 nitrogen and oxygen atoms in total. The summed E-state index contributed by atoms with van der Waals surface area (Å²) in [5.41, 5.74) is 15.0. The van der Waals surface area contributed by atoms with Crippen molar-refractivity contribution in [2.45, 2.75) is 0 Å². The third-order valence-corrected chi connectivity index (χ3v) is 11.5. The molecule has 0 aliphatic carbocycles. The van der Waals surface area contributed by atoms with Gasteiger partial charge in [0.05, 0.1) is 5.69 Å². The molecule has 272 valence electrons. The molecule has 1 aliphatic rings. The molecule has 0 atom stereocenters. The van der Waals surface area contributed by atoms with Crippen molar-refractivity contribution in [2.75, 3.05) is 4.90 Å². The van der Waals surface area contributed by atoms with E-state index in [0.717, 1.165) is 50.6 Å². The molecule has 1 heterocycles. The molecule has 0 saturated carbocycles. The van der Waals surface area contributed by atoms with Crippen LogP contribution in [-0.2, 0) is 0 Å². The minimum absolute atomic E-state index is 0.882. The van der Waals surface area contributed by atoms with Gasteiger partial charge in [-0.05, 0) is 109 Å². The quantitative estimate of drug-likeness (QED) is 0.161. The summed E-state index contributed by atoms with van der Waals surface area (Å²) >= 11 is 0. The van der Waals surface area contributed by atoms with Gasteiger partial charge in [-0.2, -0.15) is 0 Å². The van der Waals surface area contributed by atoms with Crippen LogP contribution in [0.15, 0.2) is 224 Å². The van der Waals surface area contributed by atoms with E-state index in [0.29, 0.717) is 0 Å². The van der Waals surface area contributed by atoms with Gasteiger partial charge >= 0.3 is 0 Å². The molecule has 0 N–H and O–H groups in total. The Morgan fingerprint density at radius 3 is 1.71 bits per heavy atom. The highest BCUT2D eigenvalue weighted by molar-refractivity contribution is 6.05. The maximum Gasteiger partial charge on any atom is 0.135 e. The van der Waals surface area contributed by atoms with Crippen molar-refractivity contribution in [2.24, 2.45) is 0 Å². The first kappa shape index (κ1) is 33.6. The third kappa shape index (κ3) is 5.91. The maximum atomic E-state index is 6.45. The van der Waals surface area contributed by atoms with Gasteiger partial charge in [0.1, 0.15) is 11.5 Å². The van der Waals surface area contributed by atoms with Gasteiger partial charge in [-0.3, -0.25) is 0 Å². The summed E-state index contributed by atoms with van der Waals surface area (Å²) in [6.45, 7) is 0. The SMILES string of the molecule is c1ccc(-c2ccccc2N(c2ccc(-c3ccc(-c4cccc5ccccc45)cc3)cc2)c2cccc(-c3ccc4c(c3)-c3cccc5cccc(c35)O4)c2)cc1. The molecule has 58 heavy (non-hydrogen) atoms. The van der Waals surface area contributed by atoms with E-state index in [1.165, 1.54) is 55.1 Å². The Morgan fingerprint density at radius 2 is 0.862 bits per heavy atom. The summed E-state index contributed by atoms with van der Waals surface area (Å²) in [6.07, 6.45) is 0. The van der Waals surface area contributed by atoms with E-state index >= 15 is 0 Å². The Bertz CT molecular complexity index is 3120. The van der Waals surface area contributed by atoms with Gasteiger partial charge in [0.2, 0.25) is 0 Å². The van der Waals surface area contributed by atoms with Gasteiger partial charge < -0.3 is 9.64 Å². The number of benzene rings is 10. The van der Waals surface area contributed by atoms with Crippen molar-refractivity contribution in [1.29, 1.82) is 0 Å². The van der Waals surface area contributed by atoms with E-state index < -0.39 is 0 Å². The van der Waals surface area contributed by atoms with Gasteiger partial charge in [-0.1, -0.05) is 176 Å². The fourth-order valence-corrected chi connectivity index (χ4v) is 8.65. The summed E-state index contributed by atoms with van der Waals surface area (Å²) in [5, 5.41) is 4.87. The molecule has 10 aromatic carbocycles. The predicted molar refractivity (Wildman–Crippen MR) is 243 cm³/mol. The summed E-state index contributed by atoms with van der Waals surface area (Å²) in [6, 6.07) is 80.6. The van der Waals surface area contributed by atoms with Gasteiger partial charge in [0.25, 0.3) is 0 Å². The van der Waals surface area contributed by atoms with Crippen LogP contribution in [0.2, 0.25) is 0 Å². The number of fused-ring (bicyclic) bond motifs is 3. The molecule has 0 radical (unpaired) electrons. The molecule has 0 bridgehead atoms. The topological polar surface area (TPSA) is 12.5 Å². The lowest BCUT2D eigenvalue weighted by Crippen LogP contribution is -2.11. The Hall–Kier alpha value is -7.68. The van der Waals surface area contributed by atoms with Gasteiger partial charge in [-0.15, -0.1) is 0 Å². The van der Waals surface area contributed by atoms with Crippen molar-refractivity contribution in [3.8, 4) is 67.1 Å². The second-order valence-corrected chi connectivity index (χ2v) is 14.9. The molecular weight excluding hydrogens is 703 g/mol. The molecule has 10 aromatic rings. The van der Waals surface area contributed by atoms with E-state index in [-0.39, 0.29) is 0 Å². The van der Waals surface area contributed by atoms with Crippen LogP contribution in [0, 0.1) is 0 Å². The van der Waals surface area contributed by atoms with E-state index in [9.17, 15) is 0 Å². The second-order valence-electron chi connectivity index (χ2n) is 14.9. The minimum atomic E-state index is 0.882. The molecule has 0 saturated heterocycles. The van der Waals surface area contributed by atoms with Crippen molar-refractivity contribution >= 4 is 38.6 Å². The monoisotopic (exact) mass is 739 g/mol. The number of para-hydroxylation sites is 1. The van der Waals surface area contributed by atoms with Crippen LogP contribution in [0.4, 0.5) is 17.1 Å². The molecule has 0 spiro atoms. The summed E-state index contributed by atoms with van der Waals surface area (Å²) in [7, 11) is 0. The van der Waals surface area contributed by atoms with Crippen LogP contribution >= 0.6 is 0 Å². The zero-order chi connectivity index (χ0) is 38.4. The maximum absolute atomic E-state index is 6.45. The Kier molecular flexibility index (Phi) is 8.19. The largest absolute Gasteiger partial charge is 0.456 e. The van der Waals surface area contributed by atoms with E-state index in [1.54, 1.807) is 0 Å². The van der Waals surface area contributed by atoms with Crippen molar-refractivity contribution in [3.63, 3.8) is 0 Å². The zero-order valence-corrected chi connectivity index (χ0v) is 31.7. The van der Waals surface area contributed by atoms with E-state index in [4.69, 9.17) is 4.74 Å². The normalized spacial score (nSPS) is 11.6. The van der Waals surface area contributed by atoms with Crippen molar-refractivity contribution in [3.05, 3.63) is 224 Å². The fourth-order valence-electron chi connectivity index (χ4n) is 8.65. The highest BCUT2D eigenvalue weighted by Gasteiger charge is 2.22. The van der Waals surface area contributed by atoms with Gasteiger partial charge in [0, 0.05) is 27.9 Å². The van der Waals surface area contributed by atoms with Gasteiger partial charge in [0.15, 0.2) is 0 Å². The number of ether oxygens (including phenoxy) is 1. The lowest BCUT2D eigenvalue weighted by molar-refractivity contribution is 0.487. The number of nitrogens with zero attached hydrogens (tertiary/aromatic N) is 1. The van der Waals surface area contributed by atoms with Gasteiger partial charge in [-0.25, -0.2) is 0 Å². The highest BCUT2D eigenvalue weighted by Crippen LogP contribution is 2.48. The summed E-state index contributed by atoms with van der Waals surface area (Å²) < 4.78 is 6.45. The Balaban J connectivity index is 0.987. The number of anilines is 3. The first-order valence-electron chi connectivity index (χ1n) is 19.8. The molecule has 11 rings (SSSR count). The first-order chi connectivity index (χ1) is 28.7. The molecule has 2 heteroatoms. The Morgan fingerprint density at radius 1 is 0.293 bits per heavy atom. The molecule has 0 unspecified atom stereocenters. The van der Waals surface area contributed by atoms with Crippen LogP contribution in [0.3, 0.4) is 0 Å². The summed E-state index contributed by atoms with van der Waals surface area (Å²) in [4.78, 5) is 2.39. The number of hydrogen-bond acceptors (Lipinski definition) is 2. The lowest BCUT2D eigenvalue weighted by Gasteiger charge is -2.28. The minimum Gasteiger partial charge on any atom is -0.456 e. The van der Waals surface area contributed by atoms with Crippen molar-refractivity contribution in [1.82, 2.24) is 0 Å².